The minimum atomic E-state index is 0.558. The first-order valence-corrected chi connectivity index (χ1v) is 4.14. The van der Waals surface area contributed by atoms with Crippen LogP contribution in [0.2, 0.25) is 5.02 Å². The van der Waals surface area contributed by atoms with E-state index in [-0.39, 0.29) is 0 Å². The van der Waals surface area contributed by atoms with Crippen LogP contribution in [0.4, 0.5) is 0 Å². The number of rotatable bonds is 1. The van der Waals surface area contributed by atoms with Gasteiger partial charge in [-0.15, -0.1) is 0 Å². The summed E-state index contributed by atoms with van der Waals surface area (Å²) in [6.45, 7) is 0. The highest BCUT2D eigenvalue weighted by Crippen LogP contribution is 2.34. The second kappa shape index (κ2) is 2.50. The molecule has 11 heavy (non-hydrogen) atoms. The van der Waals surface area contributed by atoms with Crippen LogP contribution >= 0.6 is 11.6 Å². The van der Waals surface area contributed by atoms with E-state index >= 15 is 0 Å². The smallest absolute Gasteiger partial charge is 0.0408 e. The maximum absolute atomic E-state index is 5.82. The third-order valence-corrected chi connectivity index (χ3v) is 2.49. The van der Waals surface area contributed by atoms with Crippen molar-refractivity contribution in [3.05, 3.63) is 34.3 Å². The lowest BCUT2D eigenvalue weighted by Gasteiger charge is -2.29. The Morgan fingerprint density at radius 1 is 1.55 bits per heavy atom. The van der Waals surface area contributed by atoms with Crippen molar-refractivity contribution in [2.24, 2.45) is 0 Å². The molecule has 0 aliphatic heterocycles. The second-order valence-corrected chi connectivity index (χ2v) is 3.32. The number of benzene rings is 1. The van der Waals surface area contributed by atoms with Crippen molar-refractivity contribution in [2.45, 2.75) is 12.5 Å². The van der Waals surface area contributed by atoms with E-state index in [0.29, 0.717) is 6.04 Å². The predicted molar refractivity (Wildman–Crippen MR) is 47.0 cm³/mol. The van der Waals surface area contributed by atoms with Gasteiger partial charge in [-0.25, -0.2) is 0 Å². The highest BCUT2D eigenvalue weighted by Gasteiger charge is 2.23. The molecule has 1 unspecified atom stereocenters. The van der Waals surface area contributed by atoms with Gasteiger partial charge in [-0.2, -0.15) is 0 Å². The van der Waals surface area contributed by atoms with Gasteiger partial charge < -0.3 is 5.32 Å². The Balaban J connectivity index is 2.35. The van der Waals surface area contributed by atoms with Gasteiger partial charge >= 0.3 is 0 Å². The molecule has 2 heteroatoms. The third kappa shape index (κ3) is 1.05. The predicted octanol–water partition coefficient (Wildman–Crippen LogP) is 2.16. The van der Waals surface area contributed by atoms with E-state index in [9.17, 15) is 0 Å². The van der Waals surface area contributed by atoms with Gasteiger partial charge in [-0.3, -0.25) is 0 Å². The van der Waals surface area contributed by atoms with Gasteiger partial charge in [0.25, 0.3) is 0 Å². The minimum Gasteiger partial charge on any atom is -0.313 e. The van der Waals surface area contributed by atoms with Gasteiger partial charge in [0.2, 0.25) is 0 Å². The van der Waals surface area contributed by atoms with Crippen molar-refractivity contribution in [1.82, 2.24) is 5.32 Å². The van der Waals surface area contributed by atoms with Crippen LogP contribution in [0.15, 0.2) is 18.2 Å². The molecule has 0 fully saturated rings. The van der Waals surface area contributed by atoms with E-state index in [2.05, 4.69) is 11.4 Å². The van der Waals surface area contributed by atoms with Crippen LogP contribution in [-0.4, -0.2) is 7.05 Å². The summed E-state index contributed by atoms with van der Waals surface area (Å²) in [6, 6.07) is 6.65. The molecule has 58 valence electrons. The lowest BCUT2D eigenvalue weighted by atomic mass is 9.83. The summed E-state index contributed by atoms with van der Waals surface area (Å²) < 4.78 is 0. The van der Waals surface area contributed by atoms with Crippen molar-refractivity contribution in [2.75, 3.05) is 7.05 Å². The first-order valence-electron chi connectivity index (χ1n) is 3.77. The Morgan fingerprint density at radius 2 is 2.36 bits per heavy atom. The van der Waals surface area contributed by atoms with Crippen LogP contribution in [-0.2, 0) is 6.42 Å². The third-order valence-electron chi connectivity index (χ3n) is 2.25. The van der Waals surface area contributed by atoms with Gasteiger partial charge in [-0.05, 0) is 36.7 Å². The summed E-state index contributed by atoms with van der Waals surface area (Å²) in [7, 11) is 1.99. The molecule has 1 aromatic rings. The number of nitrogens with one attached hydrogen (secondary N) is 1. The molecule has 0 saturated heterocycles. The molecule has 1 aromatic carbocycles. The largest absolute Gasteiger partial charge is 0.313 e. The van der Waals surface area contributed by atoms with Gasteiger partial charge in [-0.1, -0.05) is 17.7 Å². The zero-order chi connectivity index (χ0) is 7.84. The van der Waals surface area contributed by atoms with Gasteiger partial charge in [0.15, 0.2) is 0 Å². The first kappa shape index (κ1) is 7.14. The topological polar surface area (TPSA) is 12.0 Å². The molecule has 1 aliphatic carbocycles. The SMILES string of the molecule is CNC1Cc2cc(Cl)ccc21. The van der Waals surface area contributed by atoms with Crippen molar-refractivity contribution < 1.29 is 0 Å². The van der Waals surface area contributed by atoms with E-state index in [0.717, 1.165) is 11.4 Å². The van der Waals surface area contributed by atoms with Gasteiger partial charge in [0.1, 0.15) is 0 Å². The van der Waals surface area contributed by atoms with Crippen molar-refractivity contribution in [1.29, 1.82) is 0 Å². The van der Waals surface area contributed by atoms with Crippen LogP contribution in [0.5, 0.6) is 0 Å². The maximum atomic E-state index is 5.82. The van der Waals surface area contributed by atoms with Crippen molar-refractivity contribution >= 4 is 11.6 Å². The molecule has 1 nitrogen and oxygen atoms in total. The van der Waals surface area contributed by atoms with Crippen LogP contribution in [0.1, 0.15) is 17.2 Å². The van der Waals surface area contributed by atoms with Gasteiger partial charge in [0.05, 0.1) is 0 Å². The van der Waals surface area contributed by atoms with E-state index in [4.69, 9.17) is 11.6 Å². The number of likely N-dealkylation sites (N-methyl/N-ethyl adjacent to an activating group) is 1. The number of halogens is 1. The molecule has 1 atom stereocenters. The fourth-order valence-corrected chi connectivity index (χ4v) is 1.74. The zero-order valence-electron chi connectivity index (χ0n) is 6.39. The van der Waals surface area contributed by atoms with Crippen LogP contribution in [0.3, 0.4) is 0 Å². The molecule has 1 aliphatic rings. The van der Waals surface area contributed by atoms with E-state index in [1.165, 1.54) is 11.1 Å². The summed E-state index contributed by atoms with van der Waals surface area (Å²) in [5, 5.41) is 4.08. The molecule has 0 aromatic heterocycles. The molecule has 0 saturated carbocycles. The van der Waals surface area contributed by atoms with Crippen molar-refractivity contribution in [3.8, 4) is 0 Å². The Morgan fingerprint density at radius 3 is 3.00 bits per heavy atom. The van der Waals surface area contributed by atoms with E-state index in [1.54, 1.807) is 0 Å². The molecule has 1 N–H and O–H groups in total. The van der Waals surface area contributed by atoms with E-state index < -0.39 is 0 Å². The summed E-state index contributed by atoms with van der Waals surface area (Å²) in [4.78, 5) is 0. The highest BCUT2D eigenvalue weighted by molar-refractivity contribution is 6.30. The monoisotopic (exact) mass is 167 g/mol. The second-order valence-electron chi connectivity index (χ2n) is 2.89. The normalized spacial score (nSPS) is 20.7. The van der Waals surface area contributed by atoms with Gasteiger partial charge in [0, 0.05) is 11.1 Å². The molecule has 2 rings (SSSR count). The Hall–Kier alpha value is -0.530. The summed E-state index contributed by atoms with van der Waals surface area (Å²) >= 11 is 5.82. The minimum absolute atomic E-state index is 0.558. The maximum Gasteiger partial charge on any atom is 0.0408 e. The summed E-state index contributed by atoms with van der Waals surface area (Å²) in [5.74, 6) is 0. The number of hydrogen-bond acceptors (Lipinski definition) is 1. The standard InChI is InChI=1S/C9H10ClN/c1-11-9-5-6-4-7(10)2-3-8(6)9/h2-4,9,11H,5H2,1H3. The quantitative estimate of drug-likeness (QED) is 0.676. The van der Waals surface area contributed by atoms with Crippen LogP contribution in [0, 0.1) is 0 Å². The molecular weight excluding hydrogens is 158 g/mol. The fraction of sp³-hybridized carbons (Fsp3) is 0.333. The number of hydrogen-bond donors (Lipinski definition) is 1. The van der Waals surface area contributed by atoms with Crippen molar-refractivity contribution in [3.63, 3.8) is 0 Å². The lowest BCUT2D eigenvalue weighted by Crippen LogP contribution is -2.28. The average Bonchev–Trinajstić information content (AvgIpc) is 1.95. The van der Waals surface area contributed by atoms with Crippen LogP contribution in [0.25, 0.3) is 0 Å². The molecule has 0 heterocycles. The molecular formula is C9H10ClN. The summed E-state index contributed by atoms with van der Waals surface area (Å²) in [6.07, 6.45) is 1.12. The Kier molecular flexibility index (Phi) is 1.63. The summed E-state index contributed by atoms with van der Waals surface area (Å²) in [5.41, 5.74) is 2.79. The molecule has 0 spiro atoms. The molecule has 0 amide bonds. The zero-order valence-corrected chi connectivity index (χ0v) is 7.15. The average molecular weight is 168 g/mol. The Labute approximate surface area is 71.4 Å². The number of fused-ring (bicyclic) bond motifs is 1. The Bertz CT molecular complexity index is 283. The molecule has 0 bridgehead atoms. The van der Waals surface area contributed by atoms with E-state index in [1.807, 2.05) is 19.2 Å². The first-order chi connectivity index (χ1) is 5.31. The lowest BCUT2D eigenvalue weighted by molar-refractivity contribution is 0.530. The fourth-order valence-electron chi connectivity index (χ4n) is 1.55. The molecule has 0 radical (unpaired) electrons. The van der Waals surface area contributed by atoms with Crippen LogP contribution < -0.4 is 5.32 Å². The highest BCUT2D eigenvalue weighted by atomic mass is 35.5.